The van der Waals surface area contributed by atoms with Crippen molar-refractivity contribution >= 4 is 15.9 Å². The largest absolute Gasteiger partial charge is 0.0890 e. The van der Waals surface area contributed by atoms with E-state index in [1.54, 1.807) is 0 Å². The number of rotatable bonds is 6. The van der Waals surface area contributed by atoms with Crippen LogP contribution in [0.5, 0.6) is 0 Å². The summed E-state index contributed by atoms with van der Waals surface area (Å²) in [6.07, 6.45) is 11.3. The lowest BCUT2D eigenvalue weighted by atomic mass is 9.77. The van der Waals surface area contributed by atoms with E-state index in [0.29, 0.717) is 5.41 Å². The normalized spacial score (nSPS) is 33.2. The Hall–Kier alpha value is 0.480. The van der Waals surface area contributed by atoms with Gasteiger partial charge in [-0.15, -0.1) is 0 Å². The molecule has 0 aliphatic heterocycles. The SMILES string of the molecule is CCCCC(CC)CC1(C)CCC(Br)C1. The molecule has 0 aromatic rings. The summed E-state index contributed by atoms with van der Waals surface area (Å²) < 4.78 is 0. The van der Waals surface area contributed by atoms with E-state index in [2.05, 4.69) is 36.7 Å². The number of hydrogen-bond acceptors (Lipinski definition) is 0. The van der Waals surface area contributed by atoms with Gasteiger partial charge in [0.25, 0.3) is 0 Å². The molecule has 1 heteroatoms. The Kier molecular flexibility index (Phi) is 5.66. The van der Waals surface area contributed by atoms with Crippen LogP contribution in [0, 0.1) is 11.3 Å². The van der Waals surface area contributed by atoms with Gasteiger partial charge in [-0.3, -0.25) is 0 Å². The molecule has 1 rings (SSSR count). The quantitative estimate of drug-likeness (QED) is 0.558. The molecule has 0 aromatic carbocycles. The van der Waals surface area contributed by atoms with Gasteiger partial charge in [0.1, 0.15) is 0 Å². The van der Waals surface area contributed by atoms with Crippen LogP contribution in [0.15, 0.2) is 0 Å². The van der Waals surface area contributed by atoms with Crippen molar-refractivity contribution < 1.29 is 0 Å². The van der Waals surface area contributed by atoms with E-state index in [4.69, 9.17) is 0 Å². The maximum atomic E-state index is 3.78. The van der Waals surface area contributed by atoms with Gasteiger partial charge in [0.15, 0.2) is 0 Å². The van der Waals surface area contributed by atoms with Gasteiger partial charge in [-0.1, -0.05) is 62.4 Å². The molecular formula is C14H27Br. The summed E-state index contributed by atoms with van der Waals surface area (Å²) in [5.74, 6) is 0.979. The van der Waals surface area contributed by atoms with E-state index in [0.717, 1.165) is 10.7 Å². The van der Waals surface area contributed by atoms with E-state index >= 15 is 0 Å². The molecule has 1 aliphatic rings. The number of hydrogen-bond donors (Lipinski definition) is 0. The fourth-order valence-electron chi connectivity index (χ4n) is 3.07. The molecule has 1 fully saturated rings. The van der Waals surface area contributed by atoms with Gasteiger partial charge in [0.05, 0.1) is 0 Å². The van der Waals surface area contributed by atoms with E-state index in [9.17, 15) is 0 Å². The second-order valence-corrected chi connectivity index (χ2v) is 7.07. The van der Waals surface area contributed by atoms with Gasteiger partial charge in [-0.2, -0.15) is 0 Å². The van der Waals surface area contributed by atoms with E-state index < -0.39 is 0 Å². The lowest BCUT2D eigenvalue weighted by molar-refractivity contribution is 0.232. The second-order valence-electron chi connectivity index (χ2n) is 5.77. The molecule has 90 valence electrons. The minimum Gasteiger partial charge on any atom is -0.0890 e. The first-order valence-electron chi connectivity index (χ1n) is 6.73. The predicted molar refractivity (Wildman–Crippen MR) is 72.6 cm³/mol. The summed E-state index contributed by atoms with van der Waals surface area (Å²) in [7, 11) is 0. The molecule has 1 aliphatic carbocycles. The van der Waals surface area contributed by atoms with Crippen molar-refractivity contribution in [1.82, 2.24) is 0 Å². The van der Waals surface area contributed by atoms with Crippen LogP contribution in [0.3, 0.4) is 0 Å². The molecular weight excluding hydrogens is 248 g/mol. The Labute approximate surface area is 104 Å². The maximum Gasteiger partial charge on any atom is 0.0151 e. The van der Waals surface area contributed by atoms with Crippen molar-refractivity contribution in [3.05, 3.63) is 0 Å². The minimum atomic E-state index is 0.641. The number of alkyl halides is 1. The van der Waals surface area contributed by atoms with Crippen molar-refractivity contribution in [2.24, 2.45) is 11.3 Å². The molecule has 15 heavy (non-hydrogen) atoms. The average molecular weight is 275 g/mol. The zero-order chi connectivity index (χ0) is 11.3. The van der Waals surface area contributed by atoms with Crippen LogP contribution in [0.25, 0.3) is 0 Å². The number of unbranched alkanes of at least 4 members (excludes halogenated alkanes) is 1. The van der Waals surface area contributed by atoms with Crippen LogP contribution in [-0.2, 0) is 0 Å². The predicted octanol–water partition coefficient (Wildman–Crippen LogP) is 5.55. The van der Waals surface area contributed by atoms with Gasteiger partial charge < -0.3 is 0 Å². The van der Waals surface area contributed by atoms with Crippen LogP contribution in [0.4, 0.5) is 0 Å². The van der Waals surface area contributed by atoms with Gasteiger partial charge >= 0.3 is 0 Å². The summed E-state index contributed by atoms with van der Waals surface area (Å²) in [5.41, 5.74) is 0.641. The topological polar surface area (TPSA) is 0 Å². The van der Waals surface area contributed by atoms with Crippen LogP contribution in [0.2, 0.25) is 0 Å². The van der Waals surface area contributed by atoms with Gasteiger partial charge in [0.2, 0.25) is 0 Å². The fourth-order valence-corrected chi connectivity index (χ4v) is 4.08. The Morgan fingerprint density at radius 2 is 2.13 bits per heavy atom. The highest BCUT2D eigenvalue weighted by Gasteiger charge is 2.35. The molecule has 0 heterocycles. The van der Waals surface area contributed by atoms with Crippen LogP contribution >= 0.6 is 15.9 Å². The molecule has 0 saturated heterocycles. The zero-order valence-corrected chi connectivity index (χ0v) is 12.3. The van der Waals surface area contributed by atoms with Crippen LogP contribution in [-0.4, -0.2) is 4.83 Å². The smallest absolute Gasteiger partial charge is 0.0151 e. The minimum absolute atomic E-state index is 0.641. The summed E-state index contributed by atoms with van der Waals surface area (Å²) in [4.78, 5) is 0.797. The van der Waals surface area contributed by atoms with Crippen LogP contribution < -0.4 is 0 Å². The van der Waals surface area contributed by atoms with Gasteiger partial charge in [-0.25, -0.2) is 0 Å². The third kappa shape index (κ3) is 4.46. The average Bonchev–Trinajstić information content (AvgIpc) is 2.53. The molecule has 0 radical (unpaired) electrons. The first-order chi connectivity index (χ1) is 7.09. The van der Waals surface area contributed by atoms with Crippen molar-refractivity contribution in [2.75, 3.05) is 0 Å². The lowest BCUT2D eigenvalue weighted by Gasteiger charge is -2.29. The molecule has 3 atom stereocenters. The summed E-state index contributed by atoms with van der Waals surface area (Å²) in [5, 5.41) is 0. The third-order valence-electron chi connectivity index (χ3n) is 4.10. The highest BCUT2D eigenvalue weighted by atomic mass is 79.9. The van der Waals surface area contributed by atoms with Crippen molar-refractivity contribution in [3.63, 3.8) is 0 Å². The maximum absolute atomic E-state index is 3.78. The van der Waals surface area contributed by atoms with E-state index in [-0.39, 0.29) is 0 Å². The molecule has 1 saturated carbocycles. The van der Waals surface area contributed by atoms with Crippen molar-refractivity contribution in [2.45, 2.75) is 77.0 Å². The molecule has 0 bridgehead atoms. The van der Waals surface area contributed by atoms with Crippen molar-refractivity contribution in [3.8, 4) is 0 Å². The van der Waals surface area contributed by atoms with E-state index in [1.165, 1.54) is 51.4 Å². The first-order valence-corrected chi connectivity index (χ1v) is 7.65. The molecule has 3 unspecified atom stereocenters. The Bertz CT molecular complexity index is 178. The highest BCUT2D eigenvalue weighted by Crippen LogP contribution is 2.46. The summed E-state index contributed by atoms with van der Waals surface area (Å²) in [6, 6.07) is 0. The second kappa shape index (κ2) is 6.27. The highest BCUT2D eigenvalue weighted by molar-refractivity contribution is 9.09. The molecule has 0 nitrogen and oxygen atoms in total. The molecule has 0 spiro atoms. The number of halogens is 1. The third-order valence-corrected chi connectivity index (χ3v) is 4.88. The Morgan fingerprint density at radius 3 is 2.60 bits per heavy atom. The van der Waals surface area contributed by atoms with E-state index in [1.807, 2.05) is 0 Å². The summed E-state index contributed by atoms with van der Waals surface area (Å²) >= 11 is 3.78. The molecule has 0 amide bonds. The first kappa shape index (κ1) is 13.5. The zero-order valence-electron chi connectivity index (χ0n) is 10.7. The van der Waals surface area contributed by atoms with Gasteiger partial charge in [-0.05, 0) is 37.0 Å². The van der Waals surface area contributed by atoms with Crippen LogP contribution in [0.1, 0.15) is 72.1 Å². The van der Waals surface area contributed by atoms with Gasteiger partial charge in [0, 0.05) is 4.83 Å². The standard InChI is InChI=1S/C14H27Br/c1-4-6-7-12(5-2)10-14(3)9-8-13(15)11-14/h12-13H,4-11H2,1-3H3. The summed E-state index contributed by atoms with van der Waals surface area (Å²) in [6.45, 7) is 7.17. The fraction of sp³-hybridized carbons (Fsp3) is 1.00. The lowest BCUT2D eigenvalue weighted by Crippen LogP contribution is -2.17. The Morgan fingerprint density at radius 1 is 1.40 bits per heavy atom. The monoisotopic (exact) mass is 274 g/mol. The molecule has 0 aromatic heterocycles. The van der Waals surface area contributed by atoms with Crippen molar-refractivity contribution in [1.29, 1.82) is 0 Å². The molecule has 0 N–H and O–H groups in total. The Balaban J connectivity index is 2.36.